The van der Waals surface area contributed by atoms with Crippen LogP contribution in [0.25, 0.3) is 0 Å². The maximum Gasteiger partial charge on any atom is 0.309 e. The van der Waals surface area contributed by atoms with Crippen LogP contribution < -0.4 is 5.32 Å². The Morgan fingerprint density at radius 1 is 1.29 bits per heavy atom. The van der Waals surface area contributed by atoms with E-state index in [9.17, 15) is 9.59 Å². The number of thioether (sulfide) groups is 1. The van der Waals surface area contributed by atoms with E-state index in [1.165, 1.54) is 18.9 Å². The second kappa shape index (κ2) is 8.39. The van der Waals surface area contributed by atoms with Gasteiger partial charge in [0.1, 0.15) is 0 Å². The van der Waals surface area contributed by atoms with E-state index < -0.39 is 0 Å². The predicted octanol–water partition coefficient (Wildman–Crippen LogP) is 1.83. The van der Waals surface area contributed by atoms with Gasteiger partial charge in [-0.15, -0.1) is 11.8 Å². The van der Waals surface area contributed by atoms with Gasteiger partial charge < -0.3 is 10.1 Å². The lowest BCUT2D eigenvalue weighted by atomic mass is 10.2. The Balaban J connectivity index is 3.96. The Morgan fingerprint density at radius 3 is 2.35 bits per heavy atom. The molecule has 17 heavy (non-hydrogen) atoms. The fourth-order valence-corrected chi connectivity index (χ4v) is 2.03. The van der Waals surface area contributed by atoms with Crippen molar-refractivity contribution in [3.8, 4) is 0 Å². The van der Waals surface area contributed by atoms with Gasteiger partial charge in [-0.1, -0.05) is 13.8 Å². The predicted molar refractivity (Wildman–Crippen MR) is 71.0 cm³/mol. The number of methoxy groups -OCH3 is 1. The van der Waals surface area contributed by atoms with Gasteiger partial charge in [0.2, 0.25) is 5.91 Å². The van der Waals surface area contributed by atoms with Crippen LogP contribution in [0.5, 0.6) is 0 Å². The fourth-order valence-electron chi connectivity index (χ4n) is 1.10. The third kappa shape index (κ3) is 6.56. The number of hydrogen-bond donors (Lipinski definition) is 1. The molecule has 0 rings (SSSR count). The van der Waals surface area contributed by atoms with Crippen LogP contribution in [0.4, 0.5) is 0 Å². The van der Waals surface area contributed by atoms with Gasteiger partial charge in [-0.3, -0.25) is 9.59 Å². The summed E-state index contributed by atoms with van der Waals surface area (Å²) in [7, 11) is 1.38. The molecule has 0 bridgehead atoms. The molecule has 3 atom stereocenters. The number of hydrogen-bond acceptors (Lipinski definition) is 4. The lowest BCUT2D eigenvalue weighted by Gasteiger charge is -2.17. The van der Waals surface area contributed by atoms with Gasteiger partial charge in [-0.25, -0.2) is 0 Å². The van der Waals surface area contributed by atoms with Crippen molar-refractivity contribution in [1.82, 2.24) is 5.32 Å². The largest absolute Gasteiger partial charge is 0.469 e. The van der Waals surface area contributed by atoms with E-state index in [0.29, 0.717) is 5.75 Å². The molecule has 0 fully saturated rings. The molecule has 0 heterocycles. The summed E-state index contributed by atoms with van der Waals surface area (Å²) in [6.45, 7) is 7.67. The topological polar surface area (TPSA) is 55.4 Å². The number of amides is 1. The molecule has 1 amide bonds. The van der Waals surface area contributed by atoms with Crippen LogP contribution in [0.3, 0.4) is 0 Å². The maximum atomic E-state index is 11.7. The van der Waals surface area contributed by atoms with E-state index >= 15 is 0 Å². The van der Waals surface area contributed by atoms with Gasteiger partial charge in [-0.2, -0.15) is 0 Å². The minimum Gasteiger partial charge on any atom is -0.469 e. The highest BCUT2D eigenvalue weighted by Gasteiger charge is 2.19. The minimum absolute atomic E-state index is 0.0291. The van der Waals surface area contributed by atoms with Crippen molar-refractivity contribution in [2.75, 3.05) is 12.9 Å². The fraction of sp³-hybridized carbons (Fsp3) is 0.833. The molecule has 1 N–H and O–H groups in total. The second-order valence-corrected chi connectivity index (χ2v) is 5.59. The Labute approximate surface area is 108 Å². The van der Waals surface area contributed by atoms with E-state index in [4.69, 9.17) is 0 Å². The molecule has 0 aromatic rings. The van der Waals surface area contributed by atoms with Crippen molar-refractivity contribution < 1.29 is 14.3 Å². The second-order valence-electron chi connectivity index (χ2n) is 4.22. The normalized spacial score (nSPS) is 15.8. The molecule has 0 radical (unpaired) electrons. The molecular formula is C12H23NO3S. The first-order chi connectivity index (χ1) is 7.92. The summed E-state index contributed by atoms with van der Waals surface area (Å²) in [6, 6.07) is 0.198. The van der Waals surface area contributed by atoms with Gasteiger partial charge in [-0.05, 0) is 20.3 Å². The summed E-state index contributed by atoms with van der Waals surface area (Å²) >= 11 is 1.48. The summed E-state index contributed by atoms with van der Waals surface area (Å²) in [5, 5.41) is 2.78. The Kier molecular flexibility index (Phi) is 8.04. The van der Waals surface area contributed by atoms with E-state index in [1.807, 2.05) is 20.8 Å². The zero-order valence-electron chi connectivity index (χ0n) is 11.3. The lowest BCUT2D eigenvalue weighted by Crippen LogP contribution is -2.37. The molecule has 3 unspecified atom stereocenters. The van der Waals surface area contributed by atoms with Crippen LogP contribution in [0.1, 0.15) is 34.1 Å². The van der Waals surface area contributed by atoms with Crippen LogP contribution in [-0.4, -0.2) is 36.0 Å². The average Bonchev–Trinajstić information content (AvgIpc) is 2.33. The third-order valence-electron chi connectivity index (χ3n) is 2.57. The molecule has 0 aromatic heterocycles. The highest BCUT2D eigenvalue weighted by molar-refractivity contribution is 8.00. The van der Waals surface area contributed by atoms with Gasteiger partial charge in [0.25, 0.3) is 0 Å². The molecule has 5 heteroatoms. The Morgan fingerprint density at radius 2 is 1.88 bits per heavy atom. The SMILES string of the molecule is CCC(C)NC(=O)C(C)SCC(C)C(=O)OC. The van der Waals surface area contributed by atoms with Crippen molar-refractivity contribution >= 4 is 23.6 Å². The molecule has 0 saturated carbocycles. The van der Waals surface area contributed by atoms with Crippen molar-refractivity contribution in [2.45, 2.75) is 45.4 Å². The minimum atomic E-state index is -0.230. The number of ether oxygens (including phenoxy) is 1. The van der Waals surface area contributed by atoms with Crippen LogP contribution in [0.15, 0.2) is 0 Å². The van der Waals surface area contributed by atoms with Crippen LogP contribution in [0.2, 0.25) is 0 Å². The molecule has 0 aromatic carbocycles. The van der Waals surface area contributed by atoms with Crippen molar-refractivity contribution in [3.63, 3.8) is 0 Å². The van der Waals surface area contributed by atoms with Gasteiger partial charge >= 0.3 is 5.97 Å². The highest BCUT2D eigenvalue weighted by Crippen LogP contribution is 2.16. The zero-order chi connectivity index (χ0) is 13.4. The first-order valence-corrected chi connectivity index (χ1v) is 6.97. The number of nitrogens with one attached hydrogen (secondary N) is 1. The van der Waals surface area contributed by atoms with Crippen molar-refractivity contribution in [3.05, 3.63) is 0 Å². The molecule has 4 nitrogen and oxygen atoms in total. The van der Waals surface area contributed by atoms with E-state index in [2.05, 4.69) is 10.1 Å². The van der Waals surface area contributed by atoms with E-state index in [0.717, 1.165) is 6.42 Å². The number of carbonyl (C=O) groups excluding carboxylic acids is 2. The smallest absolute Gasteiger partial charge is 0.309 e. The summed E-state index contributed by atoms with van der Waals surface area (Å²) in [4.78, 5) is 22.9. The monoisotopic (exact) mass is 261 g/mol. The van der Waals surface area contributed by atoms with Gasteiger partial charge in [0.15, 0.2) is 0 Å². The number of rotatable bonds is 7. The standard InChI is InChI=1S/C12H23NO3S/c1-6-9(3)13-11(14)10(4)17-7-8(2)12(15)16-5/h8-10H,6-7H2,1-5H3,(H,13,14). The van der Waals surface area contributed by atoms with Crippen molar-refractivity contribution in [2.24, 2.45) is 5.92 Å². The first kappa shape index (κ1) is 16.3. The summed E-state index contributed by atoms with van der Waals surface area (Å²) in [5.74, 6) is 0.221. The molecule has 0 aliphatic heterocycles. The molecule has 100 valence electrons. The van der Waals surface area contributed by atoms with Gasteiger partial charge in [0.05, 0.1) is 18.3 Å². The van der Waals surface area contributed by atoms with E-state index in [-0.39, 0.29) is 29.1 Å². The Bertz CT molecular complexity index is 258. The van der Waals surface area contributed by atoms with Crippen LogP contribution in [-0.2, 0) is 14.3 Å². The molecule has 0 aliphatic carbocycles. The first-order valence-electron chi connectivity index (χ1n) is 5.92. The molecule has 0 aliphatic rings. The number of carbonyl (C=O) groups is 2. The van der Waals surface area contributed by atoms with Crippen molar-refractivity contribution in [1.29, 1.82) is 0 Å². The highest BCUT2D eigenvalue weighted by atomic mass is 32.2. The zero-order valence-corrected chi connectivity index (χ0v) is 12.1. The Hall–Kier alpha value is -0.710. The molecule has 0 spiro atoms. The molecular weight excluding hydrogens is 238 g/mol. The summed E-state index contributed by atoms with van der Waals surface area (Å²) in [5.41, 5.74) is 0. The summed E-state index contributed by atoms with van der Waals surface area (Å²) in [6.07, 6.45) is 0.918. The lowest BCUT2D eigenvalue weighted by molar-refractivity contribution is -0.144. The quantitative estimate of drug-likeness (QED) is 0.710. The van der Waals surface area contributed by atoms with Crippen LogP contribution >= 0.6 is 11.8 Å². The third-order valence-corrected chi connectivity index (χ3v) is 3.98. The van der Waals surface area contributed by atoms with Crippen LogP contribution in [0, 0.1) is 5.92 Å². The maximum absolute atomic E-state index is 11.7. The molecule has 0 saturated heterocycles. The average molecular weight is 261 g/mol. The summed E-state index contributed by atoms with van der Waals surface area (Å²) < 4.78 is 4.63. The van der Waals surface area contributed by atoms with Gasteiger partial charge in [0, 0.05) is 11.8 Å². The number of esters is 1. The van der Waals surface area contributed by atoms with E-state index in [1.54, 1.807) is 6.92 Å².